The molecule has 0 aliphatic heterocycles. The molecule has 1 amide bonds. The number of aromatic nitrogens is 2. The van der Waals surface area contributed by atoms with E-state index in [1.54, 1.807) is 12.3 Å². The van der Waals surface area contributed by atoms with Gasteiger partial charge in [0.25, 0.3) is 5.56 Å². The third kappa shape index (κ3) is 2.96. The number of aromatic amines is 1. The first kappa shape index (κ1) is 13.0. The standard InChI is InChI=1S/C10H11N3O2.C2H6/c1-7(14)11-6-8-2-3-9-4-5-12-13(9)10(8)15;1-2/h2-5,12H,6H2,1H3,(H,11,14);1-2H3. The van der Waals surface area contributed by atoms with Crippen LogP contribution in [0.3, 0.4) is 0 Å². The smallest absolute Gasteiger partial charge is 0.274 e. The fourth-order valence-electron chi connectivity index (χ4n) is 1.41. The van der Waals surface area contributed by atoms with Crippen molar-refractivity contribution < 1.29 is 4.79 Å². The molecule has 2 heterocycles. The van der Waals surface area contributed by atoms with E-state index in [1.807, 2.05) is 26.0 Å². The minimum absolute atomic E-state index is 0.133. The molecule has 17 heavy (non-hydrogen) atoms. The van der Waals surface area contributed by atoms with Crippen molar-refractivity contribution in [2.24, 2.45) is 0 Å². The van der Waals surface area contributed by atoms with E-state index in [0.717, 1.165) is 5.52 Å². The molecule has 0 fully saturated rings. The van der Waals surface area contributed by atoms with Crippen molar-refractivity contribution in [1.29, 1.82) is 0 Å². The molecular formula is C12H17N3O2. The van der Waals surface area contributed by atoms with Gasteiger partial charge >= 0.3 is 0 Å². The van der Waals surface area contributed by atoms with Crippen LogP contribution in [0.1, 0.15) is 26.3 Å². The summed E-state index contributed by atoms with van der Waals surface area (Å²) in [5.74, 6) is -0.147. The summed E-state index contributed by atoms with van der Waals surface area (Å²) in [6.07, 6.45) is 1.69. The summed E-state index contributed by atoms with van der Waals surface area (Å²) < 4.78 is 1.44. The van der Waals surface area contributed by atoms with E-state index in [1.165, 1.54) is 11.4 Å². The van der Waals surface area contributed by atoms with Crippen LogP contribution in [0.5, 0.6) is 0 Å². The van der Waals surface area contributed by atoms with Crippen LogP contribution in [0, 0.1) is 0 Å². The summed E-state index contributed by atoms with van der Waals surface area (Å²) in [5, 5.41) is 5.40. The van der Waals surface area contributed by atoms with Crippen LogP contribution in [0.4, 0.5) is 0 Å². The number of rotatable bonds is 2. The molecule has 5 nitrogen and oxygen atoms in total. The number of amides is 1. The van der Waals surface area contributed by atoms with Crippen molar-refractivity contribution in [2.45, 2.75) is 27.3 Å². The molecule has 5 heteroatoms. The number of carbonyl (C=O) groups is 1. The van der Waals surface area contributed by atoms with Gasteiger partial charge in [0.15, 0.2) is 0 Å². The predicted octanol–water partition coefficient (Wildman–Crippen LogP) is 1.29. The molecule has 2 N–H and O–H groups in total. The van der Waals surface area contributed by atoms with Crippen molar-refractivity contribution in [3.63, 3.8) is 0 Å². The zero-order valence-corrected chi connectivity index (χ0v) is 10.3. The highest BCUT2D eigenvalue weighted by molar-refractivity contribution is 5.72. The third-order valence-electron chi connectivity index (χ3n) is 2.18. The highest BCUT2D eigenvalue weighted by Gasteiger charge is 2.03. The van der Waals surface area contributed by atoms with Crippen molar-refractivity contribution in [3.8, 4) is 0 Å². The second kappa shape index (κ2) is 5.89. The molecule has 0 saturated carbocycles. The highest BCUT2D eigenvalue weighted by atomic mass is 16.1. The van der Waals surface area contributed by atoms with Crippen molar-refractivity contribution >= 4 is 11.4 Å². The lowest BCUT2D eigenvalue weighted by Crippen LogP contribution is -2.26. The molecule has 0 unspecified atom stereocenters. The number of pyridine rings is 1. The van der Waals surface area contributed by atoms with Gasteiger partial charge in [0.1, 0.15) is 0 Å². The first-order valence-electron chi connectivity index (χ1n) is 5.61. The lowest BCUT2D eigenvalue weighted by atomic mass is 10.2. The summed E-state index contributed by atoms with van der Waals surface area (Å²) in [7, 11) is 0. The average molecular weight is 235 g/mol. The number of H-pyrrole nitrogens is 1. The maximum atomic E-state index is 11.8. The summed E-state index contributed by atoms with van der Waals surface area (Å²) in [4.78, 5) is 22.5. The Labute approximate surface area is 99.4 Å². The Morgan fingerprint density at radius 2 is 2.06 bits per heavy atom. The quantitative estimate of drug-likeness (QED) is 0.823. The first-order valence-corrected chi connectivity index (χ1v) is 5.61. The van der Waals surface area contributed by atoms with Crippen molar-refractivity contribution in [3.05, 3.63) is 40.3 Å². The molecule has 0 atom stereocenters. The Kier molecular flexibility index (Phi) is 4.51. The third-order valence-corrected chi connectivity index (χ3v) is 2.18. The van der Waals surface area contributed by atoms with E-state index >= 15 is 0 Å². The summed E-state index contributed by atoms with van der Waals surface area (Å²) in [5.41, 5.74) is 1.24. The Morgan fingerprint density at radius 1 is 1.35 bits per heavy atom. The monoisotopic (exact) mass is 235 g/mol. The van der Waals surface area contributed by atoms with Gasteiger partial charge in [-0.3, -0.25) is 14.7 Å². The van der Waals surface area contributed by atoms with Crippen LogP contribution >= 0.6 is 0 Å². The van der Waals surface area contributed by atoms with E-state index in [-0.39, 0.29) is 18.0 Å². The molecule has 0 aromatic carbocycles. The van der Waals surface area contributed by atoms with Gasteiger partial charge in [-0.25, -0.2) is 4.52 Å². The number of hydrogen-bond acceptors (Lipinski definition) is 2. The van der Waals surface area contributed by atoms with Crippen LogP contribution < -0.4 is 10.9 Å². The van der Waals surface area contributed by atoms with Gasteiger partial charge in [0.05, 0.1) is 5.52 Å². The van der Waals surface area contributed by atoms with Crippen LogP contribution in [-0.4, -0.2) is 15.5 Å². The predicted molar refractivity (Wildman–Crippen MR) is 66.9 cm³/mol. The fraction of sp³-hybridized carbons (Fsp3) is 0.333. The first-order chi connectivity index (χ1) is 8.18. The largest absolute Gasteiger partial charge is 0.352 e. The summed E-state index contributed by atoms with van der Waals surface area (Å²) >= 11 is 0. The van der Waals surface area contributed by atoms with E-state index < -0.39 is 0 Å². The van der Waals surface area contributed by atoms with Crippen LogP contribution in [0.2, 0.25) is 0 Å². The molecule has 0 aliphatic rings. The van der Waals surface area contributed by atoms with Gasteiger partial charge in [-0.15, -0.1) is 0 Å². The Bertz CT molecular complexity index is 554. The summed E-state index contributed by atoms with van der Waals surface area (Å²) in [6, 6.07) is 5.36. The average Bonchev–Trinajstić information content (AvgIpc) is 2.80. The second-order valence-corrected chi connectivity index (χ2v) is 3.30. The lowest BCUT2D eigenvalue weighted by Gasteiger charge is -2.02. The van der Waals surface area contributed by atoms with E-state index in [9.17, 15) is 9.59 Å². The van der Waals surface area contributed by atoms with E-state index in [4.69, 9.17) is 0 Å². The number of nitrogens with one attached hydrogen (secondary N) is 2. The Hall–Kier alpha value is -2.04. The van der Waals surface area contributed by atoms with Gasteiger partial charge in [0.2, 0.25) is 5.91 Å². The number of hydrogen-bond donors (Lipinski definition) is 2. The number of carbonyl (C=O) groups excluding carboxylic acids is 1. The molecule has 2 aromatic heterocycles. The topological polar surface area (TPSA) is 66.4 Å². The Morgan fingerprint density at radius 3 is 2.71 bits per heavy atom. The number of nitrogens with zero attached hydrogens (tertiary/aromatic N) is 1. The molecular weight excluding hydrogens is 218 g/mol. The van der Waals surface area contributed by atoms with Gasteiger partial charge in [-0.05, 0) is 18.2 Å². The number of fused-ring (bicyclic) bond motifs is 1. The lowest BCUT2D eigenvalue weighted by molar-refractivity contribution is -0.119. The van der Waals surface area contributed by atoms with Crippen LogP contribution in [0.25, 0.3) is 5.52 Å². The second-order valence-electron chi connectivity index (χ2n) is 3.30. The van der Waals surface area contributed by atoms with Crippen LogP contribution in [-0.2, 0) is 11.3 Å². The highest BCUT2D eigenvalue weighted by Crippen LogP contribution is 1.99. The minimum Gasteiger partial charge on any atom is -0.352 e. The maximum Gasteiger partial charge on any atom is 0.274 e. The van der Waals surface area contributed by atoms with Gasteiger partial charge in [-0.1, -0.05) is 13.8 Å². The van der Waals surface area contributed by atoms with E-state index in [0.29, 0.717) is 5.56 Å². The molecule has 2 rings (SSSR count). The molecule has 0 aliphatic carbocycles. The van der Waals surface area contributed by atoms with Gasteiger partial charge < -0.3 is 5.32 Å². The normalized spacial score (nSPS) is 9.59. The fourth-order valence-corrected chi connectivity index (χ4v) is 1.41. The zero-order valence-electron chi connectivity index (χ0n) is 10.3. The SMILES string of the molecule is CC.CC(=O)NCc1ccc2cc[nH]n2c1=O. The summed E-state index contributed by atoms with van der Waals surface area (Å²) in [6.45, 7) is 5.68. The van der Waals surface area contributed by atoms with E-state index in [2.05, 4.69) is 10.4 Å². The maximum absolute atomic E-state index is 11.8. The molecule has 0 radical (unpaired) electrons. The zero-order chi connectivity index (χ0) is 12.8. The Balaban J connectivity index is 0.000000686. The molecule has 92 valence electrons. The van der Waals surface area contributed by atoms with Gasteiger partial charge in [-0.2, -0.15) is 0 Å². The molecule has 0 saturated heterocycles. The van der Waals surface area contributed by atoms with Gasteiger partial charge in [0, 0.05) is 25.2 Å². The van der Waals surface area contributed by atoms with Crippen molar-refractivity contribution in [1.82, 2.24) is 14.9 Å². The van der Waals surface area contributed by atoms with Crippen molar-refractivity contribution in [2.75, 3.05) is 0 Å². The van der Waals surface area contributed by atoms with Crippen LogP contribution in [0.15, 0.2) is 29.2 Å². The minimum atomic E-state index is -0.147. The molecule has 0 bridgehead atoms. The molecule has 2 aromatic rings. The molecule has 0 spiro atoms.